The van der Waals surface area contributed by atoms with Crippen LogP contribution < -0.4 is 5.32 Å². The molecule has 0 fully saturated rings. The van der Waals surface area contributed by atoms with Gasteiger partial charge in [0.2, 0.25) is 0 Å². The van der Waals surface area contributed by atoms with Crippen molar-refractivity contribution in [2.45, 2.75) is 13.5 Å². The number of anilines is 1. The number of tetrazole rings is 1. The van der Waals surface area contributed by atoms with Gasteiger partial charge in [-0.25, -0.2) is 5.10 Å². The summed E-state index contributed by atoms with van der Waals surface area (Å²) in [5.74, 6) is 0.303. The minimum atomic E-state index is -0.181. The zero-order valence-electron chi connectivity index (χ0n) is 13.9. The molecule has 2 heterocycles. The number of hydrogen-bond donors (Lipinski definition) is 2. The number of amides is 1. The second-order valence-corrected chi connectivity index (χ2v) is 6.64. The van der Waals surface area contributed by atoms with Crippen LogP contribution in [0.25, 0.3) is 22.3 Å². The molecule has 0 aliphatic carbocycles. The number of H-pyrrole nitrogens is 1. The van der Waals surface area contributed by atoms with E-state index in [2.05, 4.69) is 41.9 Å². The van der Waals surface area contributed by atoms with Crippen molar-refractivity contribution in [3.8, 4) is 11.4 Å². The standard InChI is InChI=1S/C18H15BrN6O/c1-2-25-15-6-4-3-5-11(15)9-16(25)18(26)20-14-8-7-12(19)10-13(14)17-21-23-24-22-17/h3-10H,2H2,1H3,(H,20,26)(H,21,22,23,24). The summed E-state index contributed by atoms with van der Waals surface area (Å²) in [4.78, 5) is 13.0. The maximum atomic E-state index is 13.0. The molecule has 2 aromatic heterocycles. The number of para-hydroxylation sites is 1. The predicted molar refractivity (Wildman–Crippen MR) is 103 cm³/mol. The Bertz CT molecular complexity index is 1090. The van der Waals surface area contributed by atoms with Crippen molar-refractivity contribution in [2.75, 3.05) is 5.32 Å². The smallest absolute Gasteiger partial charge is 0.272 e. The highest BCUT2D eigenvalue weighted by Gasteiger charge is 2.17. The van der Waals surface area contributed by atoms with E-state index in [9.17, 15) is 4.79 Å². The number of hydrogen-bond acceptors (Lipinski definition) is 4. The third-order valence-electron chi connectivity index (χ3n) is 4.19. The van der Waals surface area contributed by atoms with Crippen LogP contribution in [0.1, 0.15) is 17.4 Å². The summed E-state index contributed by atoms with van der Waals surface area (Å²) in [6.07, 6.45) is 0. The molecule has 0 bridgehead atoms. The van der Waals surface area contributed by atoms with Gasteiger partial charge in [-0.1, -0.05) is 34.1 Å². The number of aromatic amines is 1. The van der Waals surface area contributed by atoms with Crippen molar-refractivity contribution in [2.24, 2.45) is 0 Å². The number of benzene rings is 2. The highest BCUT2D eigenvalue weighted by Crippen LogP contribution is 2.29. The van der Waals surface area contributed by atoms with E-state index in [1.807, 2.05) is 60.0 Å². The minimum Gasteiger partial charge on any atom is -0.337 e. The van der Waals surface area contributed by atoms with Gasteiger partial charge in [-0.05, 0) is 47.7 Å². The Labute approximate surface area is 157 Å². The normalized spacial score (nSPS) is 11.0. The summed E-state index contributed by atoms with van der Waals surface area (Å²) in [6, 6.07) is 15.4. The molecular weight excluding hydrogens is 396 g/mol. The van der Waals surface area contributed by atoms with Crippen molar-refractivity contribution < 1.29 is 4.79 Å². The molecular formula is C18H15BrN6O. The van der Waals surface area contributed by atoms with Gasteiger partial charge in [0, 0.05) is 27.5 Å². The van der Waals surface area contributed by atoms with Gasteiger partial charge in [-0.15, -0.1) is 5.10 Å². The summed E-state index contributed by atoms with van der Waals surface area (Å²) in [6.45, 7) is 2.73. The highest BCUT2D eigenvalue weighted by molar-refractivity contribution is 9.10. The van der Waals surface area contributed by atoms with Gasteiger partial charge in [0.25, 0.3) is 5.91 Å². The Hall–Kier alpha value is -3.00. The molecule has 8 heteroatoms. The van der Waals surface area contributed by atoms with Crippen LogP contribution in [-0.4, -0.2) is 31.1 Å². The third kappa shape index (κ3) is 2.88. The fourth-order valence-corrected chi connectivity index (χ4v) is 3.38. The molecule has 0 aliphatic rings. The monoisotopic (exact) mass is 410 g/mol. The number of aryl methyl sites for hydroxylation is 1. The molecule has 0 saturated carbocycles. The topological polar surface area (TPSA) is 88.5 Å². The Morgan fingerprint density at radius 2 is 2.08 bits per heavy atom. The average Bonchev–Trinajstić information content (AvgIpc) is 3.30. The molecule has 0 saturated heterocycles. The molecule has 4 aromatic rings. The van der Waals surface area contributed by atoms with Gasteiger partial charge in [-0.3, -0.25) is 4.79 Å². The van der Waals surface area contributed by atoms with E-state index in [1.165, 1.54) is 0 Å². The van der Waals surface area contributed by atoms with Gasteiger partial charge in [-0.2, -0.15) is 0 Å². The van der Waals surface area contributed by atoms with Crippen LogP contribution in [0.5, 0.6) is 0 Å². The lowest BCUT2D eigenvalue weighted by atomic mass is 10.1. The molecule has 0 radical (unpaired) electrons. The maximum Gasteiger partial charge on any atom is 0.272 e. The highest BCUT2D eigenvalue weighted by atomic mass is 79.9. The molecule has 0 aliphatic heterocycles. The van der Waals surface area contributed by atoms with Crippen molar-refractivity contribution in [3.63, 3.8) is 0 Å². The third-order valence-corrected chi connectivity index (χ3v) is 4.68. The zero-order valence-corrected chi connectivity index (χ0v) is 15.5. The molecule has 2 aromatic carbocycles. The minimum absolute atomic E-state index is 0.181. The number of carbonyl (C=O) groups is 1. The van der Waals surface area contributed by atoms with Crippen LogP contribution in [0.3, 0.4) is 0 Å². The lowest BCUT2D eigenvalue weighted by Crippen LogP contribution is -2.17. The summed E-state index contributed by atoms with van der Waals surface area (Å²) >= 11 is 3.44. The lowest BCUT2D eigenvalue weighted by molar-refractivity contribution is 0.101. The summed E-state index contributed by atoms with van der Waals surface area (Å²) in [5.41, 5.74) is 2.98. The first-order chi connectivity index (χ1) is 12.7. The molecule has 2 N–H and O–H groups in total. The fraction of sp³-hybridized carbons (Fsp3) is 0.111. The quantitative estimate of drug-likeness (QED) is 0.534. The Morgan fingerprint density at radius 3 is 2.85 bits per heavy atom. The van der Waals surface area contributed by atoms with E-state index < -0.39 is 0 Å². The van der Waals surface area contributed by atoms with E-state index >= 15 is 0 Å². The van der Waals surface area contributed by atoms with E-state index in [4.69, 9.17) is 0 Å². The molecule has 1 amide bonds. The number of fused-ring (bicyclic) bond motifs is 1. The molecule has 7 nitrogen and oxygen atoms in total. The van der Waals surface area contributed by atoms with Crippen LogP contribution in [0, 0.1) is 0 Å². The van der Waals surface area contributed by atoms with Gasteiger partial charge in [0.05, 0.1) is 5.69 Å². The van der Waals surface area contributed by atoms with E-state index in [-0.39, 0.29) is 5.91 Å². The van der Waals surface area contributed by atoms with Crippen LogP contribution in [0.2, 0.25) is 0 Å². The van der Waals surface area contributed by atoms with Crippen molar-refractivity contribution in [1.29, 1.82) is 0 Å². The van der Waals surface area contributed by atoms with Gasteiger partial charge in [0.15, 0.2) is 5.82 Å². The first-order valence-corrected chi connectivity index (χ1v) is 8.90. The number of nitrogens with one attached hydrogen (secondary N) is 2. The molecule has 0 unspecified atom stereocenters. The lowest BCUT2D eigenvalue weighted by Gasteiger charge is -2.11. The molecule has 0 spiro atoms. The second kappa shape index (κ2) is 6.72. The molecule has 0 atom stereocenters. The van der Waals surface area contributed by atoms with Crippen LogP contribution >= 0.6 is 15.9 Å². The van der Waals surface area contributed by atoms with Crippen molar-refractivity contribution in [3.05, 3.63) is 58.7 Å². The molecule has 4 rings (SSSR count). The van der Waals surface area contributed by atoms with Crippen LogP contribution in [-0.2, 0) is 6.54 Å². The summed E-state index contributed by atoms with van der Waals surface area (Å²) in [7, 11) is 0. The van der Waals surface area contributed by atoms with Gasteiger partial charge < -0.3 is 9.88 Å². The molecule has 26 heavy (non-hydrogen) atoms. The summed E-state index contributed by atoms with van der Waals surface area (Å²) < 4.78 is 2.86. The Balaban J connectivity index is 1.74. The van der Waals surface area contributed by atoms with Crippen LogP contribution in [0.15, 0.2) is 53.0 Å². The van der Waals surface area contributed by atoms with E-state index in [0.29, 0.717) is 29.3 Å². The first-order valence-electron chi connectivity index (χ1n) is 8.10. The maximum absolute atomic E-state index is 13.0. The number of halogens is 1. The predicted octanol–water partition coefficient (Wildman–Crippen LogP) is 3.86. The van der Waals surface area contributed by atoms with E-state index in [1.54, 1.807) is 0 Å². The number of aromatic nitrogens is 5. The first kappa shape index (κ1) is 16.5. The Morgan fingerprint density at radius 1 is 1.23 bits per heavy atom. The SMILES string of the molecule is CCn1c(C(=O)Nc2ccc(Br)cc2-c2nnn[nH]2)cc2ccccc21. The number of rotatable bonds is 4. The number of carbonyl (C=O) groups excluding carboxylic acids is 1. The largest absolute Gasteiger partial charge is 0.337 e. The van der Waals surface area contributed by atoms with Crippen LogP contribution in [0.4, 0.5) is 5.69 Å². The van der Waals surface area contributed by atoms with E-state index in [0.717, 1.165) is 15.4 Å². The zero-order chi connectivity index (χ0) is 18.1. The van der Waals surface area contributed by atoms with Gasteiger partial charge >= 0.3 is 0 Å². The number of nitrogens with zero attached hydrogens (tertiary/aromatic N) is 4. The summed E-state index contributed by atoms with van der Waals surface area (Å²) in [5, 5.41) is 17.9. The average molecular weight is 411 g/mol. The van der Waals surface area contributed by atoms with Crippen molar-refractivity contribution in [1.82, 2.24) is 25.2 Å². The van der Waals surface area contributed by atoms with Gasteiger partial charge in [0.1, 0.15) is 5.69 Å². The fourth-order valence-electron chi connectivity index (χ4n) is 3.02. The Kier molecular flexibility index (Phi) is 4.26. The van der Waals surface area contributed by atoms with Crippen molar-refractivity contribution >= 4 is 38.4 Å². The second-order valence-electron chi connectivity index (χ2n) is 5.73. The molecule has 130 valence electrons.